The minimum absolute atomic E-state index is 0.0136. The van der Waals surface area contributed by atoms with E-state index in [4.69, 9.17) is 0 Å². The number of thiophene rings is 1. The second-order valence-corrected chi connectivity index (χ2v) is 10.1. The average molecular weight is 472 g/mol. The van der Waals surface area contributed by atoms with Crippen molar-refractivity contribution in [2.45, 2.75) is 77.5 Å². The molecule has 4 heterocycles. The van der Waals surface area contributed by atoms with Crippen molar-refractivity contribution in [3.05, 3.63) is 40.4 Å². The Morgan fingerprint density at radius 2 is 2.15 bits per heavy atom. The quantitative estimate of drug-likeness (QED) is 0.458. The number of aromatic nitrogens is 7. The van der Waals surface area contributed by atoms with E-state index in [-0.39, 0.29) is 18.5 Å². The third-order valence-corrected chi connectivity index (χ3v) is 7.34. The first-order valence-corrected chi connectivity index (χ1v) is 12.5. The summed E-state index contributed by atoms with van der Waals surface area (Å²) >= 11 is 1.68. The zero-order valence-electron chi connectivity index (χ0n) is 19.8. The zero-order chi connectivity index (χ0) is 23.4. The fourth-order valence-corrected chi connectivity index (χ4v) is 5.40. The van der Waals surface area contributed by atoms with Crippen molar-refractivity contribution < 1.29 is 4.79 Å². The van der Waals surface area contributed by atoms with Crippen molar-refractivity contribution in [3.8, 4) is 0 Å². The van der Waals surface area contributed by atoms with Crippen LogP contribution in [0.15, 0.2) is 23.8 Å². The summed E-state index contributed by atoms with van der Waals surface area (Å²) in [7, 11) is 0. The number of hydrogen-bond donors (Lipinski definition) is 1. The maximum atomic E-state index is 12.6. The van der Waals surface area contributed by atoms with E-state index in [1.807, 2.05) is 13.0 Å². The van der Waals surface area contributed by atoms with Crippen molar-refractivity contribution in [3.63, 3.8) is 0 Å². The number of hydrogen-bond acceptors (Lipinski definition) is 8. The third kappa shape index (κ3) is 5.64. The van der Waals surface area contributed by atoms with Crippen LogP contribution in [0.3, 0.4) is 0 Å². The van der Waals surface area contributed by atoms with Gasteiger partial charge in [-0.05, 0) is 61.5 Å². The first kappa shape index (κ1) is 23.5. The van der Waals surface area contributed by atoms with Gasteiger partial charge in [-0.25, -0.2) is 4.68 Å². The van der Waals surface area contributed by atoms with E-state index in [0.717, 1.165) is 37.6 Å². The number of tetrazole rings is 1. The molecule has 3 atom stereocenters. The summed E-state index contributed by atoms with van der Waals surface area (Å²) in [6, 6.07) is 5.00. The molecule has 178 valence electrons. The zero-order valence-corrected chi connectivity index (χ0v) is 20.6. The minimum Gasteiger partial charge on any atom is -0.347 e. The molecule has 1 fully saturated rings. The maximum Gasteiger partial charge on any atom is 0.242 e. The number of carbonyl (C=O) groups is 1. The summed E-state index contributed by atoms with van der Waals surface area (Å²) in [6.45, 7) is 10.8. The summed E-state index contributed by atoms with van der Waals surface area (Å²) in [5, 5.41) is 24.9. The van der Waals surface area contributed by atoms with Gasteiger partial charge in [-0.15, -0.1) is 26.6 Å². The second kappa shape index (κ2) is 10.5. The molecular formula is C22H33N9OS. The van der Waals surface area contributed by atoms with Crippen molar-refractivity contribution in [1.29, 1.82) is 0 Å². The Morgan fingerprint density at radius 3 is 2.79 bits per heavy atom. The Kier molecular flexibility index (Phi) is 7.49. The molecule has 33 heavy (non-hydrogen) atoms. The highest BCUT2D eigenvalue weighted by atomic mass is 32.1. The van der Waals surface area contributed by atoms with Crippen LogP contribution in [0, 0.1) is 6.92 Å². The van der Waals surface area contributed by atoms with E-state index in [2.05, 4.69) is 72.7 Å². The van der Waals surface area contributed by atoms with Crippen molar-refractivity contribution in [1.82, 2.24) is 45.2 Å². The summed E-state index contributed by atoms with van der Waals surface area (Å²) in [6.07, 6.45) is 4.61. The molecule has 3 aromatic rings. The van der Waals surface area contributed by atoms with Gasteiger partial charge in [0.25, 0.3) is 0 Å². The monoisotopic (exact) mass is 471 g/mol. The van der Waals surface area contributed by atoms with Crippen molar-refractivity contribution in [2.75, 3.05) is 13.1 Å². The van der Waals surface area contributed by atoms with Crippen LogP contribution in [0.5, 0.6) is 0 Å². The Labute approximate surface area is 198 Å². The lowest BCUT2D eigenvalue weighted by Crippen LogP contribution is -2.49. The van der Waals surface area contributed by atoms with Gasteiger partial charge in [-0.1, -0.05) is 19.9 Å². The number of likely N-dealkylation sites (tertiary alicyclic amines) is 1. The second-order valence-electron chi connectivity index (χ2n) is 9.12. The summed E-state index contributed by atoms with van der Waals surface area (Å²) in [4.78, 5) is 16.3. The van der Waals surface area contributed by atoms with Gasteiger partial charge in [0.1, 0.15) is 24.5 Å². The van der Waals surface area contributed by atoms with Crippen molar-refractivity contribution in [2.24, 2.45) is 0 Å². The number of carbonyl (C=O) groups excluding carboxylic acids is 1. The first-order chi connectivity index (χ1) is 15.9. The molecule has 4 rings (SSSR count). The maximum absolute atomic E-state index is 12.6. The van der Waals surface area contributed by atoms with E-state index in [1.165, 1.54) is 22.3 Å². The molecule has 1 aliphatic heterocycles. The number of rotatable bonds is 11. The summed E-state index contributed by atoms with van der Waals surface area (Å²) in [5.74, 6) is 2.32. The van der Waals surface area contributed by atoms with Crippen LogP contribution >= 0.6 is 11.3 Å². The highest BCUT2D eigenvalue weighted by Crippen LogP contribution is 2.30. The molecule has 10 nitrogen and oxygen atoms in total. The van der Waals surface area contributed by atoms with Gasteiger partial charge in [-0.2, -0.15) is 0 Å². The topological polar surface area (TPSA) is 107 Å². The third-order valence-electron chi connectivity index (χ3n) is 6.35. The van der Waals surface area contributed by atoms with E-state index < -0.39 is 0 Å². The van der Waals surface area contributed by atoms with Crippen LogP contribution in [0.2, 0.25) is 0 Å². The molecule has 0 aromatic carbocycles. The van der Waals surface area contributed by atoms with Crippen LogP contribution in [0.25, 0.3) is 0 Å². The van der Waals surface area contributed by atoms with E-state index >= 15 is 0 Å². The van der Waals surface area contributed by atoms with Crippen LogP contribution < -0.4 is 5.32 Å². The predicted molar refractivity (Wildman–Crippen MR) is 126 cm³/mol. The Balaban J connectivity index is 1.33. The van der Waals surface area contributed by atoms with Crippen LogP contribution in [0.1, 0.15) is 74.6 Å². The molecule has 1 N–H and O–H groups in total. The number of amides is 1. The summed E-state index contributed by atoms with van der Waals surface area (Å²) in [5.41, 5.74) is 0. The van der Waals surface area contributed by atoms with E-state index in [1.54, 1.807) is 11.3 Å². The molecule has 3 unspecified atom stereocenters. The van der Waals surface area contributed by atoms with E-state index in [0.29, 0.717) is 18.0 Å². The standard InChI is InChI=1S/C22H33N9OS/c1-15(2)22-26-25-17(4)31(22)16(3)12-18-7-9-29(18)10-8-19(20-6-5-11-33-20)24-21(32)13-30-14-23-27-28-30/h5-6,11,14-16,18-19H,7-10,12-13H2,1-4H3,(H,24,32). The largest absolute Gasteiger partial charge is 0.347 e. The van der Waals surface area contributed by atoms with Gasteiger partial charge in [0, 0.05) is 29.4 Å². The van der Waals surface area contributed by atoms with Gasteiger partial charge < -0.3 is 14.8 Å². The molecule has 0 radical (unpaired) electrons. The van der Waals surface area contributed by atoms with Gasteiger partial charge in [0.05, 0.1) is 6.04 Å². The van der Waals surface area contributed by atoms with E-state index in [9.17, 15) is 4.79 Å². The average Bonchev–Trinajstić information content (AvgIpc) is 3.52. The minimum atomic E-state index is -0.0845. The number of aryl methyl sites for hydroxylation is 1. The molecular weight excluding hydrogens is 438 g/mol. The van der Waals surface area contributed by atoms with Gasteiger partial charge >= 0.3 is 0 Å². The lowest BCUT2D eigenvalue weighted by atomic mass is 9.94. The number of nitrogens with zero attached hydrogens (tertiary/aromatic N) is 8. The molecule has 1 saturated heterocycles. The van der Waals surface area contributed by atoms with Gasteiger partial charge in [-0.3, -0.25) is 4.79 Å². The lowest BCUT2D eigenvalue weighted by molar-refractivity contribution is -0.122. The molecule has 1 amide bonds. The molecule has 0 spiro atoms. The lowest BCUT2D eigenvalue weighted by Gasteiger charge is -2.43. The SMILES string of the molecule is Cc1nnc(C(C)C)n1C(C)CC1CCN1CCC(NC(=O)Cn1cnnn1)c1cccs1. The normalized spacial score (nSPS) is 18.3. The molecule has 1 aliphatic rings. The first-order valence-electron chi connectivity index (χ1n) is 11.6. The number of nitrogens with one attached hydrogen (secondary N) is 1. The summed E-state index contributed by atoms with van der Waals surface area (Å²) < 4.78 is 3.74. The molecule has 0 bridgehead atoms. The van der Waals surface area contributed by atoms with Gasteiger partial charge in [0.15, 0.2) is 0 Å². The van der Waals surface area contributed by atoms with Crippen LogP contribution in [-0.4, -0.2) is 64.9 Å². The van der Waals surface area contributed by atoms with Crippen LogP contribution in [-0.2, 0) is 11.3 Å². The molecule has 11 heteroatoms. The highest BCUT2D eigenvalue weighted by molar-refractivity contribution is 7.10. The smallest absolute Gasteiger partial charge is 0.242 e. The Morgan fingerprint density at radius 1 is 1.30 bits per heavy atom. The fraction of sp³-hybridized carbons (Fsp3) is 0.636. The fourth-order valence-electron chi connectivity index (χ4n) is 4.59. The Hall–Kier alpha value is -2.66. The van der Waals surface area contributed by atoms with Crippen molar-refractivity contribution >= 4 is 17.2 Å². The predicted octanol–water partition coefficient (Wildman–Crippen LogP) is 2.73. The molecule has 0 saturated carbocycles. The highest BCUT2D eigenvalue weighted by Gasteiger charge is 2.31. The van der Waals surface area contributed by atoms with Gasteiger partial charge in [0.2, 0.25) is 5.91 Å². The van der Waals surface area contributed by atoms with Crippen LogP contribution in [0.4, 0.5) is 0 Å². The Bertz CT molecular complexity index is 1020. The molecule has 0 aliphatic carbocycles. The molecule has 3 aromatic heterocycles.